The van der Waals surface area contributed by atoms with Crippen molar-refractivity contribution in [3.05, 3.63) is 23.2 Å². The average Bonchev–Trinajstić information content (AvgIpc) is 2.92. The molecule has 1 aliphatic heterocycles. The zero-order valence-corrected chi connectivity index (χ0v) is 11.0. The van der Waals surface area contributed by atoms with Crippen LogP contribution in [0.2, 0.25) is 5.02 Å². The minimum atomic E-state index is 0.152. The van der Waals surface area contributed by atoms with Crippen molar-refractivity contribution in [2.75, 3.05) is 31.1 Å². The van der Waals surface area contributed by atoms with Crippen molar-refractivity contribution in [1.29, 1.82) is 0 Å². The first kappa shape index (κ1) is 12.3. The van der Waals surface area contributed by atoms with E-state index in [1.54, 1.807) is 18.2 Å². The molecule has 0 amide bonds. The van der Waals surface area contributed by atoms with Crippen LogP contribution in [0.3, 0.4) is 0 Å². The minimum absolute atomic E-state index is 0.152. The molecule has 3 N–H and O–H groups in total. The van der Waals surface area contributed by atoms with Crippen LogP contribution in [0.4, 0.5) is 5.95 Å². The number of nitrogens with one attached hydrogen (secondary N) is 2. The molecule has 1 aliphatic rings. The number of rotatable bonds is 2. The number of phenolic OH excluding ortho intramolecular Hbond substituents is 1. The fourth-order valence-corrected chi connectivity index (χ4v) is 2.28. The number of aromatic amines is 1. The van der Waals surface area contributed by atoms with E-state index >= 15 is 0 Å². The van der Waals surface area contributed by atoms with Crippen molar-refractivity contribution in [1.82, 2.24) is 20.5 Å². The summed E-state index contributed by atoms with van der Waals surface area (Å²) in [5.74, 6) is 1.38. The van der Waals surface area contributed by atoms with E-state index in [9.17, 15) is 5.11 Å². The predicted octanol–water partition coefficient (Wildman–Crippen LogP) is 1.24. The topological polar surface area (TPSA) is 77.1 Å². The van der Waals surface area contributed by atoms with E-state index in [1.807, 2.05) is 0 Å². The van der Waals surface area contributed by atoms with E-state index in [-0.39, 0.29) is 5.75 Å². The molecule has 0 saturated carbocycles. The highest BCUT2D eigenvalue weighted by atomic mass is 35.5. The van der Waals surface area contributed by atoms with Crippen LogP contribution >= 0.6 is 11.6 Å². The van der Waals surface area contributed by atoms with Crippen molar-refractivity contribution >= 4 is 17.5 Å². The lowest BCUT2D eigenvalue weighted by Gasteiger charge is -2.25. The van der Waals surface area contributed by atoms with Gasteiger partial charge < -0.3 is 15.3 Å². The fraction of sp³-hybridized carbons (Fsp3) is 0.333. The van der Waals surface area contributed by atoms with Gasteiger partial charge in [-0.05, 0) is 18.2 Å². The monoisotopic (exact) mass is 279 g/mol. The highest BCUT2D eigenvalue weighted by Crippen LogP contribution is 2.29. The van der Waals surface area contributed by atoms with E-state index < -0.39 is 0 Å². The van der Waals surface area contributed by atoms with Gasteiger partial charge in [-0.25, -0.2) is 0 Å². The molecule has 0 aliphatic carbocycles. The molecule has 1 aromatic carbocycles. The van der Waals surface area contributed by atoms with Crippen molar-refractivity contribution in [2.45, 2.75) is 0 Å². The summed E-state index contributed by atoms with van der Waals surface area (Å²) in [5, 5.41) is 20.4. The molecule has 3 rings (SSSR count). The lowest BCUT2D eigenvalue weighted by atomic mass is 10.2. The first-order valence-electron chi connectivity index (χ1n) is 6.11. The molecule has 0 spiro atoms. The molecule has 19 heavy (non-hydrogen) atoms. The van der Waals surface area contributed by atoms with Crippen molar-refractivity contribution < 1.29 is 5.11 Å². The van der Waals surface area contributed by atoms with E-state index in [1.165, 1.54) is 0 Å². The number of halogens is 1. The van der Waals surface area contributed by atoms with Gasteiger partial charge in [0.15, 0.2) is 5.82 Å². The van der Waals surface area contributed by atoms with Gasteiger partial charge in [0.1, 0.15) is 5.75 Å². The largest absolute Gasteiger partial charge is 0.508 e. The maximum absolute atomic E-state index is 9.51. The van der Waals surface area contributed by atoms with Crippen molar-refractivity contribution in [3.63, 3.8) is 0 Å². The van der Waals surface area contributed by atoms with E-state index in [2.05, 4.69) is 25.4 Å². The van der Waals surface area contributed by atoms with Gasteiger partial charge in [-0.3, -0.25) is 5.10 Å². The van der Waals surface area contributed by atoms with Gasteiger partial charge >= 0.3 is 0 Å². The summed E-state index contributed by atoms with van der Waals surface area (Å²) >= 11 is 6.10. The number of hydrogen-bond donors (Lipinski definition) is 3. The number of piperazine rings is 1. The minimum Gasteiger partial charge on any atom is -0.508 e. The van der Waals surface area contributed by atoms with Gasteiger partial charge in [-0.15, -0.1) is 5.10 Å². The molecule has 0 atom stereocenters. The summed E-state index contributed by atoms with van der Waals surface area (Å²) < 4.78 is 0. The van der Waals surface area contributed by atoms with Crippen LogP contribution in [0.25, 0.3) is 11.4 Å². The average molecular weight is 280 g/mol. The summed E-state index contributed by atoms with van der Waals surface area (Å²) in [7, 11) is 0. The van der Waals surface area contributed by atoms with E-state index in [0.717, 1.165) is 26.2 Å². The second-order valence-corrected chi connectivity index (χ2v) is 4.79. The third-order valence-electron chi connectivity index (χ3n) is 3.08. The standard InChI is InChI=1S/C12H14ClN5O/c13-10-2-1-8(19)7-9(10)11-15-12(17-16-11)18-5-3-14-4-6-18/h1-2,7,14,19H,3-6H2,(H,15,16,17). The van der Waals surface area contributed by atoms with Gasteiger partial charge in [0, 0.05) is 31.7 Å². The molecule has 7 heteroatoms. The van der Waals surface area contributed by atoms with Gasteiger partial charge in [0.2, 0.25) is 5.95 Å². The van der Waals surface area contributed by atoms with Gasteiger partial charge in [0.25, 0.3) is 0 Å². The van der Waals surface area contributed by atoms with Crippen molar-refractivity contribution in [3.8, 4) is 17.1 Å². The molecule has 2 aromatic rings. The number of nitrogens with zero attached hydrogens (tertiary/aromatic N) is 3. The molecule has 0 radical (unpaired) electrons. The van der Waals surface area contributed by atoms with Gasteiger partial charge in [0.05, 0.1) is 5.02 Å². The van der Waals surface area contributed by atoms with Crippen LogP contribution in [-0.2, 0) is 0 Å². The molecule has 100 valence electrons. The SMILES string of the molecule is Oc1ccc(Cl)c(-c2nc(N3CCNCC3)n[nH]2)c1. The van der Waals surface area contributed by atoms with Crippen LogP contribution in [-0.4, -0.2) is 46.5 Å². The molecule has 1 saturated heterocycles. The lowest BCUT2D eigenvalue weighted by molar-refractivity contribution is 0.475. The number of anilines is 1. The Bertz CT molecular complexity index is 579. The number of phenols is 1. The molecule has 2 heterocycles. The Morgan fingerprint density at radius 3 is 2.84 bits per heavy atom. The van der Waals surface area contributed by atoms with E-state index in [4.69, 9.17) is 11.6 Å². The van der Waals surface area contributed by atoms with E-state index in [0.29, 0.717) is 22.4 Å². The Hall–Kier alpha value is -1.79. The van der Waals surface area contributed by atoms with Crippen molar-refractivity contribution in [2.24, 2.45) is 0 Å². The molecule has 6 nitrogen and oxygen atoms in total. The Kier molecular flexibility index (Phi) is 3.27. The summed E-state index contributed by atoms with van der Waals surface area (Å²) in [6.45, 7) is 3.61. The van der Waals surface area contributed by atoms with Crippen LogP contribution in [0.5, 0.6) is 5.75 Å². The number of H-pyrrole nitrogens is 1. The van der Waals surface area contributed by atoms with Gasteiger partial charge in [-0.1, -0.05) is 11.6 Å². The smallest absolute Gasteiger partial charge is 0.245 e. The first-order valence-corrected chi connectivity index (χ1v) is 6.49. The third-order valence-corrected chi connectivity index (χ3v) is 3.41. The second-order valence-electron chi connectivity index (χ2n) is 4.39. The number of hydrogen-bond acceptors (Lipinski definition) is 5. The summed E-state index contributed by atoms with van der Waals surface area (Å²) in [4.78, 5) is 6.55. The number of benzene rings is 1. The zero-order valence-electron chi connectivity index (χ0n) is 10.2. The quantitative estimate of drug-likeness (QED) is 0.771. The molecule has 1 fully saturated rings. The molecular formula is C12H14ClN5O. The van der Waals surface area contributed by atoms with Crippen LogP contribution < -0.4 is 10.2 Å². The zero-order chi connectivity index (χ0) is 13.2. The first-order chi connectivity index (χ1) is 9.24. The Morgan fingerprint density at radius 1 is 1.26 bits per heavy atom. The summed E-state index contributed by atoms with van der Waals surface area (Å²) in [6.07, 6.45) is 0. The maximum atomic E-state index is 9.51. The summed E-state index contributed by atoms with van der Waals surface area (Å²) in [6, 6.07) is 4.75. The highest BCUT2D eigenvalue weighted by molar-refractivity contribution is 6.33. The predicted molar refractivity (Wildman–Crippen MR) is 73.6 cm³/mol. The normalized spacial score (nSPS) is 15.7. The maximum Gasteiger partial charge on any atom is 0.245 e. The van der Waals surface area contributed by atoms with Gasteiger partial charge in [-0.2, -0.15) is 4.98 Å². The number of aromatic nitrogens is 3. The molecular weight excluding hydrogens is 266 g/mol. The molecule has 0 unspecified atom stereocenters. The third kappa shape index (κ3) is 2.50. The summed E-state index contributed by atoms with van der Waals surface area (Å²) in [5.41, 5.74) is 0.649. The van der Waals surface area contributed by atoms with Crippen LogP contribution in [0.1, 0.15) is 0 Å². The highest BCUT2D eigenvalue weighted by Gasteiger charge is 2.16. The lowest BCUT2D eigenvalue weighted by Crippen LogP contribution is -2.44. The van der Waals surface area contributed by atoms with Crippen LogP contribution in [0, 0.1) is 0 Å². The Morgan fingerprint density at radius 2 is 2.05 bits per heavy atom. The Labute approximate surface area is 115 Å². The van der Waals surface area contributed by atoms with Crippen LogP contribution in [0.15, 0.2) is 18.2 Å². The second kappa shape index (κ2) is 5.07. The molecule has 0 bridgehead atoms. The fourth-order valence-electron chi connectivity index (χ4n) is 2.07. The molecule has 1 aromatic heterocycles. The number of aromatic hydroxyl groups is 1. The Balaban J connectivity index is 1.89.